The van der Waals surface area contributed by atoms with Gasteiger partial charge in [0.05, 0.1) is 12.7 Å². The van der Waals surface area contributed by atoms with Gasteiger partial charge in [-0.3, -0.25) is 9.80 Å². The molecule has 1 unspecified atom stereocenters. The maximum atomic E-state index is 5.76. The average molecular weight is 227 g/mol. The third-order valence-electron chi connectivity index (χ3n) is 3.86. The minimum atomic E-state index is 0.292. The van der Waals surface area contributed by atoms with E-state index in [1.54, 1.807) is 0 Å². The Morgan fingerprint density at radius 3 is 2.81 bits per heavy atom. The number of hydrogen-bond donors (Lipinski definition) is 1. The summed E-state index contributed by atoms with van der Waals surface area (Å²) in [7, 11) is 2.22. The van der Waals surface area contributed by atoms with Crippen molar-refractivity contribution in [1.82, 2.24) is 15.1 Å². The molecule has 0 bridgehead atoms. The Hall–Kier alpha value is -0.160. The summed E-state index contributed by atoms with van der Waals surface area (Å²) in [5.41, 5.74) is 0.292. The number of rotatable bonds is 2. The molecule has 0 aliphatic carbocycles. The second kappa shape index (κ2) is 5.00. The van der Waals surface area contributed by atoms with Crippen LogP contribution in [-0.4, -0.2) is 74.4 Å². The van der Waals surface area contributed by atoms with E-state index in [2.05, 4.69) is 36.0 Å². The summed E-state index contributed by atoms with van der Waals surface area (Å²) in [6, 6.07) is 0. The Bertz CT molecular complexity index is 226. The number of nitrogens with one attached hydrogen (secondary N) is 1. The third kappa shape index (κ3) is 2.94. The van der Waals surface area contributed by atoms with Gasteiger partial charge in [0.15, 0.2) is 0 Å². The van der Waals surface area contributed by atoms with Crippen LogP contribution in [0, 0.1) is 0 Å². The van der Waals surface area contributed by atoms with Crippen LogP contribution < -0.4 is 5.32 Å². The van der Waals surface area contributed by atoms with Gasteiger partial charge in [-0.1, -0.05) is 0 Å². The summed E-state index contributed by atoms with van der Waals surface area (Å²) in [6.45, 7) is 12.1. The SMILES string of the molecule is CN1CCN(CC2CNCCO2)CC1(C)C. The van der Waals surface area contributed by atoms with E-state index >= 15 is 0 Å². The van der Waals surface area contributed by atoms with Crippen molar-refractivity contribution in [1.29, 1.82) is 0 Å². The largest absolute Gasteiger partial charge is 0.374 e. The van der Waals surface area contributed by atoms with Crippen LogP contribution in [0.3, 0.4) is 0 Å². The average Bonchev–Trinajstić information content (AvgIpc) is 2.25. The second-order valence-electron chi connectivity index (χ2n) is 5.67. The van der Waals surface area contributed by atoms with Gasteiger partial charge >= 0.3 is 0 Å². The fourth-order valence-corrected chi connectivity index (χ4v) is 2.52. The molecule has 16 heavy (non-hydrogen) atoms. The maximum Gasteiger partial charge on any atom is 0.0826 e. The Balaban J connectivity index is 1.81. The van der Waals surface area contributed by atoms with Crippen LogP contribution in [0.25, 0.3) is 0 Å². The van der Waals surface area contributed by atoms with Crippen molar-refractivity contribution >= 4 is 0 Å². The molecule has 0 aromatic rings. The summed E-state index contributed by atoms with van der Waals surface area (Å²) in [5, 5.41) is 3.39. The van der Waals surface area contributed by atoms with Crippen molar-refractivity contribution < 1.29 is 4.74 Å². The fourth-order valence-electron chi connectivity index (χ4n) is 2.52. The van der Waals surface area contributed by atoms with Crippen molar-refractivity contribution in [3.63, 3.8) is 0 Å². The lowest BCUT2D eigenvalue weighted by Crippen LogP contribution is -2.59. The molecule has 0 spiro atoms. The summed E-state index contributed by atoms with van der Waals surface area (Å²) < 4.78 is 5.76. The van der Waals surface area contributed by atoms with Gasteiger partial charge in [0.2, 0.25) is 0 Å². The molecular formula is C12H25N3O. The normalized spacial score (nSPS) is 32.8. The van der Waals surface area contributed by atoms with E-state index in [0.29, 0.717) is 11.6 Å². The highest BCUT2D eigenvalue weighted by Crippen LogP contribution is 2.19. The molecule has 0 amide bonds. The Morgan fingerprint density at radius 2 is 2.19 bits per heavy atom. The molecule has 2 heterocycles. The molecular weight excluding hydrogens is 202 g/mol. The highest BCUT2D eigenvalue weighted by molar-refractivity contribution is 4.89. The Morgan fingerprint density at radius 1 is 1.38 bits per heavy atom. The number of morpholine rings is 1. The molecule has 2 rings (SSSR count). The standard InChI is InChI=1S/C12H25N3O/c1-12(2)10-15(6-5-14(12)3)9-11-8-13-4-7-16-11/h11,13H,4-10H2,1-3H3. The summed E-state index contributed by atoms with van der Waals surface area (Å²) in [5.74, 6) is 0. The summed E-state index contributed by atoms with van der Waals surface area (Å²) in [6.07, 6.45) is 0.382. The monoisotopic (exact) mass is 227 g/mol. The van der Waals surface area contributed by atoms with Crippen LogP contribution in [0.4, 0.5) is 0 Å². The van der Waals surface area contributed by atoms with Gasteiger partial charge in [-0.25, -0.2) is 0 Å². The smallest absolute Gasteiger partial charge is 0.0826 e. The Labute approximate surface area is 98.9 Å². The number of nitrogens with zero attached hydrogens (tertiary/aromatic N) is 2. The Kier molecular flexibility index (Phi) is 3.85. The highest BCUT2D eigenvalue weighted by atomic mass is 16.5. The summed E-state index contributed by atoms with van der Waals surface area (Å²) >= 11 is 0. The third-order valence-corrected chi connectivity index (χ3v) is 3.86. The zero-order valence-electron chi connectivity index (χ0n) is 10.8. The predicted molar refractivity (Wildman–Crippen MR) is 65.8 cm³/mol. The van der Waals surface area contributed by atoms with Crippen molar-refractivity contribution in [2.75, 3.05) is 52.9 Å². The number of likely N-dealkylation sites (N-methyl/N-ethyl adjacent to an activating group) is 1. The molecule has 4 heteroatoms. The molecule has 2 saturated heterocycles. The molecule has 0 saturated carbocycles. The van der Waals surface area contributed by atoms with Crippen molar-refractivity contribution in [2.45, 2.75) is 25.5 Å². The van der Waals surface area contributed by atoms with Gasteiger partial charge in [0, 0.05) is 44.8 Å². The highest BCUT2D eigenvalue weighted by Gasteiger charge is 2.32. The summed E-state index contributed by atoms with van der Waals surface area (Å²) in [4.78, 5) is 4.99. The van der Waals surface area contributed by atoms with Gasteiger partial charge in [-0.2, -0.15) is 0 Å². The molecule has 1 atom stereocenters. The van der Waals surface area contributed by atoms with Gasteiger partial charge in [-0.15, -0.1) is 0 Å². The lowest BCUT2D eigenvalue weighted by atomic mass is 9.99. The molecule has 2 aliphatic heterocycles. The lowest BCUT2D eigenvalue weighted by Gasteiger charge is -2.46. The number of hydrogen-bond acceptors (Lipinski definition) is 4. The zero-order valence-corrected chi connectivity index (χ0v) is 10.8. The van der Waals surface area contributed by atoms with Crippen molar-refractivity contribution in [3.8, 4) is 0 Å². The number of ether oxygens (including phenoxy) is 1. The molecule has 0 aromatic heterocycles. The molecule has 2 fully saturated rings. The van der Waals surface area contributed by atoms with Crippen LogP contribution in [0.15, 0.2) is 0 Å². The maximum absolute atomic E-state index is 5.76. The fraction of sp³-hybridized carbons (Fsp3) is 1.00. The first-order chi connectivity index (χ1) is 7.58. The topological polar surface area (TPSA) is 27.7 Å². The molecule has 94 valence electrons. The minimum absolute atomic E-state index is 0.292. The van der Waals surface area contributed by atoms with E-state index in [0.717, 1.165) is 39.3 Å². The van der Waals surface area contributed by atoms with E-state index in [-0.39, 0.29) is 0 Å². The molecule has 0 radical (unpaired) electrons. The van der Waals surface area contributed by atoms with E-state index in [4.69, 9.17) is 4.74 Å². The van der Waals surface area contributed by atoms with E-state index in [1.165, 1.54) is 6.54 Å². The van der Waals surface area contributed by atoms with Crippen LogP contribution in [0.1, 0.15) is 13.8 Å². The zero-order chi connectivity index (χ0) is 11.6. The minimum Gasteiger partial charge on any atom is -0.374 e. The number of piperazine rings is 1. The van der Waals surface area contributed by atoms with E-state index < -0.39 is 0 Å². The predicted octanol–water partition coefficient (Wildman–Crippen LogP) is 0.000800. The van der Waals surface area contributed by atoms with Gasteiger partial charge in [0.1, 0.15) is 0 Å². The van der Waals surface area contributed by atoms with Crippen LogP contribution in [0.5, 0.6) is 0 Å². The van der Waals surface area contributed by atoms with Gasteiger partial charge in [0.25, 0.3) is 0 Å². The first kappa shape index (κ1) is 12.3. The van der Waals surface area contributed by atoms with Crippen LogP contribution in [0.2, 0.25) is 0 Å². The molecule has 1 N–H and O–H groups in total. The van der Waals surface area contributed by atoms with E-state index in [1.807, 2.05) is 0 Å². The first-order valence-corrected chi connectivity index (χ1v) is 6.34. The second-order valence-corrected chi connectivity index (χ2v) is 5.67. The molecule has 0 aromatic carbocycles. The van der Waals surface area contributed by atoms with Gasteiger partial charge < -0.3 is 10.1 Å². The first-order valence-electron chi connectivity index (χ1n) is 6.34. The van der Waals surface area contributed by atoms with Gasteiger partial charge in [-0.05, 0) is 20.9 Å². The molecule has 2 aliphatic rings. The van der Waals surface area contributed by atoms with Crippen molar-refractivity contribution in [2.24, 2.45) is 0 Å². The quantitative estimate of drug-likeness (QED) is 0.719. The van der Waals surface area contributed by atoms with Crippen LogP contribution >= 0.6 is 0 Å². The molecule has 4 nitrogen and oxygen atoms in total. The van der Waals surface area contributed by atoms with Crippen LogP contribution in [-0.2, 0) is 4.74 Å². The lowest BCUT2D eigenvalue weighted by molar-refractivity contribution is -0.0243. The van der Waals surface area contributed by atoms with E-state index in [9.17, 15) is 0 Å². The van der Waals surface area contributed by atoms with Crippen molar-refractivity contribution in [3.05, 3.63) is 0 Å².